The number of hydrogen-bond donors (Lipinski definition) is 2. The number of nitrogens with zero attached hydrogens (tertiary/aromatic N) is 2. The molecule has 1 amide bonds. The topological polar surface area (TPSA) is 108 Å². The maximum absolute atomic E-state index is 10.8. The zero-order chi connectivity index (χ0) is 11.9. The molecule has 0 fully saturated rings. The Balaban J connectivity index is 3.11. The molecule has 84 valence electrons. The molecule has 15 heavy (non-hydrogen) atoms. The quantitative estimate of drug-likeness (QED) is 0.743. The summed E-state index contributed by atoms with van der Waals surface area (Å²) in [7, 11) is 0. The van der Waals surface area contributed by atoms with E-state index in [2.05, 4.69) is 10.1 Å². The summed E-state index contributed by atoms with van der Waals surface area (Å²) >= 11 is 0. The lowest BCUT2D eigenvalue weighted by Gasteiger charge is -2.34. The van der Waals surface area contributed by atoms with Gasteiger partial charge >= 0.3 is 0 Å². The van der Waals surface area contributed by atoms with Gasteiger partial charge in [-0.3, -0.25) is 4.79 Å². The van der Waals surface area contributed by atoms with Crippen LogP contribution in [-0.4, -0.2) is 21.6 Å². The van der Waals surface area contributed by atoms with Crippen LogP contribution in [0, 0.1) is 0 Å². The molecule has 0 radical (unpaired) electrons. The van der Waals surface area contributed by atoms with Crippen LogP contribution in [0.3, 0.4) is 0 Å². The summed E-state index contributed by atoms with van der Waals surface area (Å²) in [4.78, 5) is 14.7. The Morgan fingerprint density at radius 3 is 2.20 bits per heavy atom. The second-order valence-electron chi connectivity index (χ2n) is 4.63. The van der Waals surface area contributed by atoms with Gasteiger partial charge in [-0.1, -0.05) is 5.16 Å². The Hall–Kier alpha value is -1.43. The van der Waals surface area contributed by atoms with Crippen LogP contribution in [0.1, 0.15) is 44.2 Å². The first kappa shape index (κ1) is 11.6. The van der Waals surface area contributed by atoms with E-state index in [0.29, 0.717) is 5.89 Å². The number of rotatable bonds is 3. The number of amides is 1. The lowest BCUT2D eigenvalue weighted by Crippen LogP contribution is -2.50. The first-order chi connectivity index (χ1) is 6.66. The predicted octanol–water partition coefficient (Wildman–Crippen LogP) is 0.183. The van der Waals surface area contributed by atoms with Crippen molar-refractivity contribution < 1.29 is 9.32 Å². The molecule has 0 aliphatic heterocycles. The normalized spacial score (nSPS) is 12.9. The van der Waals surface area contributed by atoms with Gasteiger partial charge in [0.05, 0.1) is 5.41 Å². The number of hydrogen-bond acceptors (Lipinski definition) is 5. The standard InChI is InChI=1S/C9H16N4O2/c1-8(2,9(3,4)11)7-12-6(5(10)14)13-15-7/h11H2,1-4H3,(H2,10,14). The van der Waals surface area contributed by atoms with Crippen molar-refractivity contribution in [2.75, 3.05) is 0 Å². The van der Waals surface area contributed by atoms with Crippen LogP contribution < -0.4 is 11.5 Å². The first-order valence-corrected chi connectivity index (χ1v) is 4.59. The maximum Gasteiger partial charge on any atom is 0.290 e. The van der Waals surface area contributed by atoms with E-state index in [0.717, 1.165) is 0 Å². The van der Waals surface area contributed by atoms with E-state index < -0.39 is 16.9 Å². The average Bonchev–Trinajstić information content (AvgIpc) is 2.49. The second kappa shape index (κ2) is 3.30. The highest BCUT2D eigenvalue weighted by molar-refractivity contribution is 5.88. The Bertz CT molecular complexity index is 376. The number of carbonyl (C=O) groups excluding carboxylic acids is 1. The molecule has 1 heterocycles. The van der Waals surface area contributed by atoms with Crippen molar-refractivity contribution in [1.82, 2.24) is 10.1 Å². The molecular weight excluding hydrogens is 196 g/mol. The van der Waals surface area contributed by atoms with E-state index in [1.165, 1.54) is 0 Å². The monoisotopic (exact) mass is 212 g/mol. The van der Waals surface area contributed by atoms with E-state index in [-0.39, 0.29) is 5.82 Å². The molecule has 0 spiro atoms. The molecular formula is C9H16N4O2. The smallest absolute Gasteiger partial charge is 0.290 e. The van der Waals surface area contributed by atoms with Gasteiger partial charge < -0.3 is 16.0 Å². The molecule has 4 N–H and O–H groups in total. The Labute approximate surface area is 88.0 Å². The van der Waals surface area contributed by atoms with Gasteiger partial charge in [-0.2, -0.15) is 4.98 Å². The van der Waals surface area contributed by atoms with Crippen LogP contribution in [0.5, 0.6) is 0 Å². The number of nitrogens with two attached hydrogens (primary N) is 2. The maximum atomic E-state index is 10.8. The van der Waals surface area contributed by atoms with Crippen LogP contribution in [0.4, 0.5) is 0 Å². The van der Waals surface area contributed by atoms with E-state index in [1.54, 1.807) is 0 Å². The summed E-state index contributed by atoms with van der Waals surface area (Å²) in [6.45, 7) is 7.43. The summed E-state index contributed by atoms with van der Waals surface area (Å²) < 4.78 is 4.98. The van der Waals surface area contributed by atoms with Gasteiger partial charge in [-0.25, -0.2) is 0 Å². The molecule has 0 aliphatic rings. The van der Waals surface area contributed by atoms with Gasteiger partial charge in [-0.05, 0) is 27.7 Å². The number of primary amides is 1. The van der Waals surface area contributed by atoms with Crippen molar-refractivity contribution in [3.63, 3.8) is 0 Å². The zero-order valence-electron chi connectivity index (χ0n) is 9.37. The van der Waals surface area contributed by atoms with Gasteiger partial charge in [0.1, 0.15) is 0 Å². The predicted molar refractivity (Wildman–Crippen MR) is 54.1 cm³/mol. The van der Waals surface area contributed by atoms with Crippen molar-refractivity contribution in [3.05, 3.63) is 11.7 Å². The van der Waals surface area contributed by atoms with Crippen molar-refractivity contribution >= 4 is 5.91 Å². The SMILES string of the molecule is CC(C)(N)C(C)(C)c1nc(C(N)=O)no1. The largest absolute Gasteiger partial charge is 0.363 e. The van der Waals surface area contributed by atoms with Crippen molar-refractivity contribution in [3.8, 4) is 0 Å². The molecule has 0 saturated carbocycles. The first-order valence-electron chi connectivity index (χ1n) is 4.59. The second-order valence-corrected chi connectivity index (χ2v) is 4.63. The molecule has 1 aromatic rings. The van der Waals surface area contributed by atoms with Gasteiger partial charge in [-0.15, -0.1) is 0 Å². The number of carbonyl (C=O) groups is 1. The highest BCUT2D eigenvalue weighted by atomic mass is 16.5. The summed E-state index contributed by atoms with van der Waals surface area (Å²) in [6.07, 6.45) is 0. The van der Waals surface area contributed by atoms with Gasteiger partial charge in [0, 0.05) is 5.54 Å². The lowest BCUT2D eigenvalue weighted by molar-refractivity contribution is 0.0987. The van der Waals surface area contributed by atoms with Crippen LogP contribution in [0.2, 0.25) is 0 Å². The van der Waals surface area contributed by atoms with Crippen LogP contribution in [-0.2, 0) is 5.41 Å². The molecule has 1 rings (SSSR count). The summed E-state index contributed by atoms with van der Waals surface area (Å²) in [5.41, 5.74) is 9.93. The summed E-state index contributed by atoms with van der Waals surface area (Å²) in [5, 5.41) is 3.48. The lowest BCUT2D eigenvalue weighted by atomic mass is 9.75. The summed E-state index contributed by atoms with van der Waals surface area (Å²) in [5.74, 6) is -0.526. The average molecular weight is 212 g/mol. The molecule has 0 bridgehead atoms. The fraction of sp³-hybridized carbons (Fsp3) is 0.667. The van der Waals surface area contributed by atoms with E-state index in [1.807, 2.05) is 27.7 Å². The molecule has 6 heteroatoms. The van der Waals surface area contributed by atoms with Crippen LogP contribution >= 0.6 is 0 Å². The zero-order valence-corrected chi connectivity index (χ0v) is 9.37. The minimum atomic E-state index is -0.712. The molecule has 6 nitrogen and oxygen atoms in total. The van der Waals surface area contributed by atoms with Crippen molar-refractivity contribution in [2.45, 2.75) is 38.6 Å². The van der Waals surface area contributed by atoms with Crippen molar-refractivity contribution in [1.29, 1.82) is 0 Å². The highest BCUT2D eigenvalue weighted by Crippen LogP contribution is 2.31. The van der Waals surface area contributed by atoms with Gasteiger partial charge in [0.2, 0.25) is 5.89 Å². The molecule has 1 aromatic heterocycles. The van der Waals surface area contributed by atoms with E-state index in [4.69, 9.17) is 16.0 Å². The van der Waals surface area contributed by atoms with E-state index in [9.17, 15) is 4.79 Å². The van der Waals surface area contributed by atoms with Gasteiger partial charge in [0.15, 0.2) is 0 Å². The fourth-order valence-electron chi connectivity index (χ4n) is 0.853. The minimum Gasteiger partial charge on any atom is -0.363 e. The molecule has 0 unspecified atom stereocenters. The summed E-state index contributed by atoms with van der Waals surface area (Å²) in [6, 6.07) is 0. The Morgan fingerprint density at radius 1 is 1.33 bits per heavy atom. The van der Waals surface area contributed by atoms with E-state index >= 15 is 0 Å². The molecule has 0 aromatic carbocycles. The van der Waals surface area contributed by atoms with Crippen molar-refractivity contribution in [2.24, 2.45) is 11.5 Å². The highest BCUT2D eigenvalue weighted by Gasteiger charge is 2.40. The third-order valence-corrected chi connectivity index (χ3v) is 2.79. The molecule has 0 aliphatic carbocycles. The minimum absolute atomic E-state index is 0.123. The van der Waals surface area contributed by atoms with Crippen LogP contribution in [0.25, 0.3) is 0 Å². The number of aromatic nitrogens is 2. The Kier molecular flexibility index (Phi) is 2.56. The van der Waals surface area contributed by atoms with Gasteiger partial charge in [0.25, 0.3) is 11.7 Å². The third kappa shape index (κ3) is 1.99. The molecule has 0 saturated heterocycles. The molecule has 0 atom stereocenters. The Morgan fingerprint density at radius 2 is 1.87 bits per heavy atom. The van der Waals surface area contributed by atoms with Crippen LogP contribution in [0.15, 0.2) is 4.52 Å². The fourth-order valence-corrected chi connectivity index (χ4v) is 0.853. The third-order valence-electron chi connectivity index (χ3n) is 2.79.